The van der Waals surface area contributed by atoms with E-state index in [0.29, 0.717) is 0 Å². The van der Waals surface area contributed by atoms with Crippen molar-refractivity contribution in [3.05, 3.63) is 59.7 Å². The van der Waals surface area contributed by atoms with Gasteiger partial charge in [-0.05, 0) is 50.7 Å². The lowest BCUT2D eigenvalue weighted by Gasteiger charge is -2.05. The minimum atomic E-state index is 1.09. The molecule has 1 aromatic carbocycles. The van der Waals surface area contributed by atoms with Crippen LogP contribution in [0.25, 0.3) is 0 Å². The summed E-state index contributed by atoms with van der Waals surface area (Å²) in [6.45, 7) is 12.1. The molecule has 0 amide bonds. The van der Waals surface area contributed by atoms with E-state index in [1.807, 2.05) is 0 Å². The van der Waals surface area contributed by atoms with Crippen LogP contribution < -0.4 is 0 Å². The van der Waals surface area contributed by atoms with Gasteiger partial charge in [0.2, 0.25) is 0 Å². The SMILES string of the molecule is C=C(C)CCc1cccc(CCC(=C)C)c1. The number of hydrogen-bond donors (Lipinski definition) is 0. The Morgan fingerprint density at radius 3 is 1.75 bits per heavy atom. The third kappa shape index (κ3) is 4.97. The third-order valence-corrected chi connectivity index (χ3v) is 2.67. The predicted octanol–water partition coefficient (Wildman–Crippen LogP) is 4.70. The van der Waals surface area contributed by atoms with Crippen LogP contribution in [0.3, 0.4) is 0 Å². The van der Waals surface area contributed by atoms with E-state index in [0.717, 1.165) is 25.7 Å². The highest BCUT2D eigenvalue weighted by Gasteiger charge is 1.97. The molecule has 0 unspecified atom stereocenters. The van der Waals surface area contributed by atoms with Crippen LogP contribution >= 0.6 is 0 Å². The first-order valence-corrected chi connectivity index (χ1v) is 5.94. The molecule has 0 N–H and O–H groups in total. The molecule has 0 nitrogen and oxygen atoms in total. The van der Waals surface area contributed by atoms with Crippen molar-refractivity contribution in [3.8, 4) is 0 Å². The average Bonchev–Trinajstić information content (AvgIpc) is 2.24. The monoisotopic (exact) mass is 214 g/mol. The van der Waals surface area contributed by atoms with Crippen LogP contribution in [0.5, 0.6) is 0 Å². The van der Waals surface area contributed by atoms with E-state index in [2.05, 4.69) is 51.3 Å². The van der Waals surface area contributed by atoms with Crippen molar-refractivity contribution < 1.29 is 0 Å². The molecular formula is C16H22. The van der Waals surface area contributed by atoms with Crippen LogP contribution in [0.2, 0.25) is 0 Å². The van der Waals surface area contributed by atoms with Gasteiger partial charge in [0, 0.05) is 0 Å². The Balaban J connectivity index is 2.56. The van der Waals surface area contributed by atoms with E-state index in [1.165, 1.54) is 22.3 Å². The summed E-state index contributed by atoms with van der Waals surface area (Å²) in [6, 6.07) is 8.87. The summed E-state index contributed by atoms with van der Waals surface area (Å²) in [5.74, 6) is 0. The fourth-order valence-electron chi connectivity index (χ4n) is 1.66. The van der Waals surface area contributed by atoms with Gasteiger partial charge in [-0.25, -0.2) is 0 Å². The highest BCUT2D eigenvalue weighted by molar-refractivity contribution is 5.24. The topological polar surface area (TPSA) is 0 Å². The van der Waals surface area contributed by atoms with Gasteiger partial charge in [-0.1, -0.05) is 35.4 Å². The number of allylic oxidation sites excluding steroid dienone is 2. The van der Waals surface area contributed by atoms with E-state index >= 15 is 0 Å². The van der Waals surface area contributed by atoms with Crippen molar-refractivity contribution in [2.75, 3.05) is 0 Å². The van der Waals surface area contributed by atoms with Gasteiger partial charge in [0.25, 0.3) is 0 Å². The Labute approximate surface area is 99.7 Å². The summed E-state index contributed by atoms with van der Waals surface area (Å²) in [4.78, 5) is 0. The van der Waals surface area contributed by atoms with Crippen LogP contribution in [0.15, 0.2) is 48.6 Å². The fraction of sp³-hybridized carbons (Fsp3) is 0.375. The molecule has 0 aromatic heterocycles. The summed E-state index contributed by atoms with van der Waals surface area (Å²) in [7, 11) is 0. The van der Waals surface area contributed by atoms with Gasteiger partial charge in [0.1, 0.15) is 0 Å². The molecule has 0 aliphatic rings. The van der Waals surface area contributed by atoms with Gasteiger partial charge in [-0.15, -0.1) is 13.2 Å². The molecule has 0 saturated carbocycles. The summed E-state index contributed by atoms with van der Waals surface area (Å²) >= 11 is 0. The van der Waals surface area contributed by atoms with Crippen LogP contribution in [0.4, 0.5) is 0 Å². The number of benzene rings is 1. The second-order valence-electron chi connectivity index (χ2n) is 4.73. The molecule has 0 aliphatic heterocycles. The van der Waals surface area contributed by atoms with Gasteiger partial charge < -0.3 is 0 Å². The van der Waals surface area contributed by atoms with Crippen LogP contribution in [0, 0.1) is 0 Å². The van der Waals surface area contributed by atoms with Crippen molar-refractivity contribution >= 4 is 0 Å². The van der Waals surface area contributed by atoms with Crippen LogP contribution in [-0.4, -0.2) is 0 Å². The van der Waals surface area contributed by atoms with Crippen LogP contribution in [0.1, 0.15) is 37.8 Å². The summed E-state index contributed by atoms with van der Waals surface area (Å²) in [5.41, 5.74) is 5.35. The molecule has 0 saturated heterocycles. The normalized spacial score (nSPS) is 10.1. The number of hydrogen-bond acceptors (Lipinski definition) is 0. The maximum Gasteiger partial charge on any atom is -0.0242 e. The fourth-order valence-corrected chi connectivity index (χ4v) is 1.66. The van der Waals surface area contributed by atoms with Crippen LogP contribution in [-0.2, 0) is 12.8 Å². The molecular weight excluding hydrogens is 192 g/mol. The van der Waals surface area contributed by atoms with Gasteiger partial charge in [-0.2, -0.15) is 0 Å². The molecule has 0 radical (unpaired) electrons. The Bertz CT molecular complexity index is 338. The molecule has 1 rings (SSSR count). The van der Waals surface area contributed by atoms with Gasteiger partial charge >= 0.3 is 0 Å². The van der Waals surface area contributed by atoms with Gasteiger partial charge in [0.15, 0.2) is 0 Å². The molecule has 0 aliphatic carbocycles. The van der Waals surface area contributed by atoms with Crippen molar-refractivity contribution in [1.29, 1.82) is 0 Å². The molecule has 16 heavy (non-hydrogen) atoms. The van der Waals surface area contributed by atoms with E-state index < -0.39 is 0 Å². The molecule has 1 aromatic rings. The standard InChI is InChI=1S/C16H22/c1-13(2)8-10-15-6-5-7-16(12-15)11-9-14(3)4/h5-7,12H,1,3,8-11H2,2,4H3. The molecule has 0 heteroatoms. The Morgan fingerprint density at radius 2 is 1.38 bits per heavy atom. The minimum Gasteiger partial charge on any atom is -0.100 e. The second-order valence-corrected chi connectivity index (χ2v) is 4.73. The summed E-state index contributed by atoms with van der Waals surface area (Å²) in [5, 5.41) is 0. The highest BCUT2D eigenvalue weighted by Crippen LogP contribution is 2.13. The smallest absolute Gasteiger partial charge is 0.0242 e. The average molecular weight is 214 g/mol. The van der Waals surface area contributed by atoms with Crippen molar-refractivity contribution in [1.82, 2.24) is 0 Å². The van der Waals surface area contributed by atoms with Gasteiger partial charge in [0.05, 0.1) is 0 Å². The summed E-state index contributed by atoms with van der Waals surface area (Å²) < 4.78 is 0. The zero-order valence-corrected chi connectivity index (χ0v) is 10.6. The van der Waals surface area contributed by atoms with Crippen molar-refractivity contribution in [2.45, 2.75) is 39.5 Å². The lowest BCUT2D eigenvalue weighted by molar-refractivity contribution is 0.918. The van der Waals surface area contributed by atoms with E-state index in [9.17, 15) is 0 Å². The first kappa shape index (κ1) is 12.8. The maximum atomic E-state index is 3.94. The lowest BCUT2D eigenvalue weighted by Crippen LogP contribution is -1.90. The van der Waals surface area contributed by atoms with E-state index in [-0.39, 0.29) is 0 Å². The van der Waals surface area contributed by atoms with Crippen molar-refractivity contribution in [2.24, 2.45) is 0 Å². The Kier molecular flexibility index (Phi) is 5.04. The quantitative estimate of drug-likeness (QED) is 0.602. The molecule has 86 valence electrons. The molecule has 0 bridgehead atoms. The molecule has 0 atom stereocenters. The minimum absolute atomic E-state index is 1.09. The lowest BCUT2D eigenvalue weighted by atomic mass is 10.0. The first-order valence-electron chi connectivity index (χ1n) is 5.94. The largest absolute Gasteiger partial charge is 0.100 e. The number of aryl methyl sites for hydroxylation is 2. The molecule has 0 spiro atoms. The van der Waals surface area contributed by atoms with E-state index in [4.69, 9.17) is 0 Å². The molecule has 0 fully saturated rings. The first-order chi connectivity index (χ1) is 7.58. The van der Waals surface area contributed by atoms with Gasteiger partial charge in [-0.3, -0.25) is 0 Å². The van der Waals surface area contributed by atoms with E-state index in [1.54, 1.807) is 0 Å². The predicted molar refractivity (Wildman–Crippen MR) is 72.7 cm³/mol. The Hall–Kier alpha value is -1.30. The van der Waals surface area contributed by atoms with Crippen molar-refractivity contribution in [3.63, 3.8) is 0 Å². The highest BCUT2D eigenvalue weighted by atomic mass is 14.0. The Morgan fingerprint density at radius 1 is 0.938 bits per heavy atom. The zero-order chi connectivity index (χ0) is 12.0. The zero-order valence-electron chi connectivity index (χ0n) is 10.6. The summed E-state index contributed by atoms with van der Waals surface area (Å²) in [6.07, 6.45) is 4.39. The molecule has 0 heterocycles. The maximum absolute atomic E-state index is 3.94. The number of rotatable bonds is 6. The second kappa shape index (κ2) is 6.32. The third-order valence-electron chi connectivity index (χ3n) is 2.67.